The number of nitro groups is 1. The second-order valence-electron chi connectivity index (χ2n) is 5.70. The molecule has 12 heteroatoms. The third kappa shape index (κ3) is 4.71. The van der Waals surface area contributed by atoms with Crippen LogP contribution in [0.4, 0.5) is 11.4 Å². The summed E-state index contributed by atoms with van der Waals surface area (Å²) in [5.74, 6) is -1.71. The highest BCUT2D eigenvalue weighted by Gasteiger charge is 2.18. The molecule has 0 aliphatic carbocycles. The Bertz CT molecular complexity index is 1180. The van der Waals surface area contributed by atoms with Crippen molar-refractivity contribution in [2.24, 2.45) is 0 Å². The minimum atomic E-state index is -0.905. The number of hydrogen-bond donors (Lipinski definition) is 1. The number of carbonyl (C=O) groups excluding carboxylic acids is 2. The maximum atomic E-state index is 12.3. The lowest BCUT2D eigenvalue weighted by Gasteiger charge is -2.08. The number of anilines is 1. The van der Waals surface area contributed by atoms with Crippen LogP contribution in [0.2, 0.25) is 5.02 Å². The molecule has 148 valence electrons. The zero-order chi connectivity index (χ0) is 21.0. The van der Waals surface area contributed by atoms with E-state index in [1.54, 1.807) is 24.3 Å². The first-order valence-electron chi connectivity index (χ1n) is 8.07. The Hall–Kier alpha value is -3.86. The van der Waals surface area contributed by atoms with Gasteiger partial charge in [0.2, 0.25) is 0 Å². The van der Waals surface area contributed by atoms with E-state index in [9.17, 15) is 24.5 Å². The summed E-state index contributed by atoms with van der Waals surface area (Å²) < 4.78 is 5.61. The van der Waals surface area contributed by atoms with Crippen molar-refractivity contribution in [3.63, 3.8) is 0 Å². The molecule has 0 saturated heterocycles. The number of rotatable bonds is 6. The molecule has 0 bridgehead atoms. The summed E-state index contributed by atoms with van der Waals surface area (Å²) >= 11 is 5.70. The number of carbonyl (C=O) groups is 2. The Kier molecular flexibility index (Phi) is 5.79. The molecule has 11 nitrogen and oxygen atoms in total. The first kappa shape index (κ1) is 19.9. The molecule has 0 saturated carbocycles. The van der Waals surface area contributed by atoms with E-state index in [1.807, 2.05) is 0 Å². The van der Waals surface area contributed by atoms with Crippen molar-refractivity contribution in [2.75, 3.05) is 11.9 Å². The molecule has 0 spiro atoms. The maximum Gasteiger partial charge on any atom is 0.328 e. The zero-order valence-electron chi connectivity index (χ0n) is 14.6. The van der Waals surface area contributed by atoms with Gasteiger partial charge in [-0.15, -0.1) is 5.10 Å². The number of fused-ring (bicyclic) bond motifs is 1. The van der Waals surface area contributed by atoms with Crippen molar-refractivity contribution < 1.29 is 19.2 Å². The monoisotopic (exact) mass is 417 g/mol. The highest BCUT2D eigenvalue weighted by Crippen LogP contribution is 2.27. The molecule has 0 aliphatic rings. The van der Waals surface area contributed by atoms with Crippen molar-refractivity contribution in [3.8, 4) is 0 Å². The topological polar surface area (TPSA) is 146 Å². The van der Waals surface area contributed by atoms with E-state index in [2.05, 4.69) is 15.6 Å². The maximum absolute atomic E-state index is 12.3. The van der Waals surface area contributed by atoms with Crippen LogP contribution in [0, 0.1) is 10.1 Å². The van der Waals surface area contributed by atoms with Gasteiger partial charge in [-0.25, -0.2) is 0 Å². The van der Waals surface area contributed by atoms with Gasteiger partial charge in [0, 0.05) is 11.1 Å². The molecule has 0 atom stereocenters. The van der Waals surface area contributed by atoms with Gasteiger partial charge < -0.3 is 10.1 Å². The van der Waals surface area contributed by atoms with Gasteiger partial charge in [-0.2, -0.15) is 4.68 Å². The second-order valence-corrected chi connectivity index (χ2v) is 6.13. The van der Waals surface area contributed by atoms with Crippen molar-refractivity contribution in [1.82, 2.24) is 15.0 Å². The van der Waals surface area contributed by atoms with Crippen LogP contribution < -0.4 is 10.9 Å². The molecule has 3 rings (SSSR count). The third-order valence-corrected chi connectivity index (χ3v) is 3.94. The van der Waals surface area contributed by atoms with Crippen LogP contribution in [0.5, 0.6) is 0 Å². The van der Waals surface area contributed by atoms with Crippen LogP contribution >= 0.6 is 11.6 Å². The lowest BCUT2D eigenvalue weighted by Crippen LogP contribution is -2.30. The SMILES string of the molecule is O=C(COC(=O)Cn1nnc2ccccc2c1=O)Nc1ccc(Cl)cc1[N+](=O)[O-]. The van der Waals surface area contributed by atoms with Gasteiger partial charge in [-0.1, -0.05) is 28.9 Å². The van der Waals surface area contributed by atoms with E-state index in [4.69, 9.17) is 16.3 Å². The fraction of sp³-hybridized carbons (Fsp3) is 0.118. The predicted molar refractivity (Wildman–Crippen MR) is 101 cm³/mol. The molecule has 1 N–H and O–H groups in total. The molecule has 0 radical (unpaired) electrons. The molecule has 0 fully saturated rings. The number of benzene rings is 2. The van der Waals surface area contributed by atoms with Crippen LogP contribution in [0.1, 0.15) is 0 Å². The molecule has 29 heavy (non-hydrogen) atoms. The van der Waals surface area contributed by atoms with Gasteiger partial charge in [0.15, 0.2) is 6.61 Å². The Morgan fingerprint density at radius 1 is 1.24 bits per heavy atom. The summed E-state index contributed by atoms with van der Waals surface area (Å²) in [5.41, 5.74) is -0.660. The highest BCUT2D eigenvalue weighted by atomic mass is 35.5. The molecular formula is C17H12ClN5O6. The number of halogens is 1. The quantitative estimate of drug-likeness (QED) is 0.361. The van der Waals surface area contributed by atoms with Gasteiger partial charge in [-0.3, -0.25) is 24.5 Å². The van der Waals surface area contributed by atoms with E-state index < -0.39 is 41.2 Å². The largest absolute Gasteiger partial charge is 0.454 e. The Labute approximate surface area is 167 Å². The first-order chi connectivity index (χ1) is 13.8. The normalized spacial score (nSPS) is 10.5. The molecule has 1 heterocycles. The average Bonchev–Trinajstić information content (AvgIpc) is 2.70. The fourth-order valence-corrected chi connectivity index (χ4v) is 2.56. The minimum absolute atomic E-state index is 0.0999. The van der Waals surface area contributed by atoms with E-state index in [-0.39, 0.29) is 16.1 Å². The third-order valence-electron chi connectivity index (χ3n) is 3.70. The average molecular weight is 418 g/mol. The Balaban J connectivity index is 1.61. The number of nitrogens with one attached hydrogen (secondary N) is 1. The lowest BCUT2D eigenvalue weighted by atomic mass is 10.2. The van der Waals surface area contributed by atoms with Gasteiger partial charge in [0.25, 0.3) is 17.2 Å². The number of nitro benzene ring substituents is 1. The van der Waals surface area contributed by atoms with Crippen LogP contribution in [-0.4, -0.2) is 38.4 Å². The molecule has 1 amide bonds. The summed E-state index contributed by atoms with van der Waals surface area (Å²) in [4.78, 5) is 46.4. The van der Waals surface area contributed by atoms with E-state index in [1.165, 1.54) is 12.1 Å². The van der Waals surface area contributed by atoms with Crippen LogP contribution in [0.25, 0.3) is 10.9 Å². The molecule has 2 aromatic carbocycles. The van der Waals surface area contributed by atoms with Crippen molar-refractivity contribution in [3.05, 3.63) is 68.0 Å². The number of esters is 1. The lowest BCUT2D eigenvalue weighted by molar-refractivity contribution is -0.383. The summed E-state index contributed by atoms with van der Waals surface area (Å²) in [6, 6.07) is 10.2. The van der Waals surface area contributed by atoms with Gasteiger partial charge in [0.05, 0.1) is 10.3 Å². The standard InChI is InChI=1S/C17H12ClN5O6/c18-10-5-6-13(14(7-10)23(27)28)19-15(24)9-29-16(25)8-22-17(26)11-3-1-2-4-12(11)20-21-22/h1-7H,8-9H2,(H,19,24). The summed E-state index contributed by atoms with van der Waals surface area (Å²) in [6.45, 7) is -1.26. The number of aromatic nitrogens is 3. The smallest absolute Gasteiger partial charge is 0.328 e. The van der Waals surface area contributed by atoms with Gasteiger partial charge in [-0.05, 0) is 24.3 Å². The van der Waals surface area contributed by atoms with Crippen LogP contribution in [0.15, 0.2) is 47.3 Å². The number of ether oxygens (including phenoxy) is 1. The Morgan fingerprint density at radius 2 is 2.00 bits per heavy atom. The molecule has 0 unspecified atom stereocenters. The molecule has 3 aromatic rings. The second kappa shape index (κ2) is 8.44. The zero-order valence-corrected chi connectivity index (χ0v) is 15.3. The van der Waals surface area contributed by atoms with Crippen LogP contribution in [-0.2, 0) is 20.9 Å². The van der Waals surface area contributed by atoms with E-state index >= 15 is 0 Å². The van der Waals surface area contributed by atoms with Gasteiger partial charge >= 0.3 is 5.97 Å². The number of amides is 1. The number of hydrogen-bond acceptors (Lipinski definition) is 8. The first-order valence-corrected chi connectivity index (χ1v) is 8.45. The van der Waals surface area contributed by atoms with Crippen molar-refractivity contribution in [1.29, 1.82) is 0 Å². The van der Waals surface area contributed by atoms with Crippen molar-refractivity contribution in [2.45, 2.75) is 6.54 Å². The Morgan fingerprint density at radius 3 is 2.76 bits per heavy atom. The molecule has 1 aromatic heterocycles. The van der Waals surface area contributed by atoms with E-state index in [0.29, 0.717) is 5.52 Å². The summed E-state index contributed by atoms with van der Waals surface area (Å²) in [7, 11) is 0. The van der Waals surface area contributed by atoms with Crippen LogP contribution in [0.3, 0.4) is 0 Å². The van der Waals surface area contributed by atoms with Crippen molar-refractivity contribution >= 4 is 45.8 Å². The summed E-state index contributed by atoms with van der Waals surface area (Å²) in [5, 5.41) is 21.2. The highest BCUT2D eigenvalue weighted by molar-refractivity contribution is 6.31. The van der Waals surface area contributed by atoms with Gasteiger partial charge in [0.1, 0.15) is 17.7 Å². The molecule has 0 aliphatic heterocycles. The number of nitrogens with zero attached hydrogens (tertiary/aromatic N) is 4. The molecular weight excluding hydrogens is 406 g/mol. The van der Waals surface area contributed by atoms with E-state index in [0.717, 1.165) is 10.7 Å². The summed E-state index contributed by atoms with van der Waals surface area (Å²) in [6.07, 6.45) is 0. The predicted octanol–water partition coefficient (Wildman–Crippen LogP) is 1.53. The fourth-order valence-electron chi connectivity index (χ4n) is 2.39. The minimum Gasteiger partial charge on any atom is -0.454 e.